The molecule has 2 rings (SSSR count). The number of rotatable bonds is 3. The maximum atomic E-state index is 12.0. The zero-order valence-corrected chi connectivity index (χ0v) is 11.2. The number of fused-ring (bicyclic) bond motifs is 2. The summed E-state index contributed by atoms with van der Waals surface area (Å²) in [7, 11) is -4.78. The lowest BCUT2D eigenvalue weighted by atomic mass is 9.91. The van der Waals surface area contributed by atoms with Gasteiger partial charge in [0.05, 0.1) is 12.6 Å². The molecule has 2 aliphatic heterocycles. The van der Waals surface area contributed by atoms with Crippen LogP contribution in [0.5, 0.6) is 0 Å². The minimum Gasteiger partial charge on any atom is -0.301 e. The van der Waals surface area contributed by atoms with Crippen molar-refractivity contribution in [3.63, 3.8) is 0 Å². The molecule has 0 spiro atoms. The monoisotopic (exact) mass is 287 g/mol. The van der Waals surface area contributed by atoms with Gasteiger partial charge in [-0.3, -0.25) is 4.55 Å². The van der Waals surface area contributed by atoms with E-state index in [1.807, 2.05) is 19.9 Å². The highest BCUT2D eigenvalue weighted by molar-refractivity contribution is 7.80. The molecule has 2 aliphatic rings. The lowest BCUT2D eigenvalue weighted by Crippen LogP contribution is -2.38. The number of nitrogens with zero attached hydrogens (tertiary/aromatic N) is 3. The molecule has 2 bridgehead atoms. The van der Waals surface area contributed by atoms with Gasteiger partial charge in [0.1, 0.15) is 12.1 Å². The maximum absolute atomic E-state index is 12.0. The molecule has 1 saturated heterocycles. The number of hydroxylamine groups is 2. The summed E-state index contributed by atoms with van der Waals surface area (Å²) in [6.07, 6.45) is 1.63. The summed E-state index contributed by atoms with van der Waals surface area (Å²) in [6.45, 7) is 3.89. The van der Waals surface area contributed by atoms with E-state index < -0.39 is 28.5 Å². The van der Waals surface area contributed by atoms with Crippen LogP contribution < -0.4 is 0 Å². The molecule has 0 unspecified atom stereocenters. The number of urea groups is 1. The van der Waals surface area contributed by atoms with E-state index in [4.69, 9.17) is 9.81 Å². The molecule has 2 atom stereocenters. The van der Waals surface area contributed by atoms with Gasteiger partial charge in [-0.15, -0.1) is 4.28 Å². The third-order valence-electron chi connectivity index (χ3n) is 3.13. The van der Waals surface area contributed by atoms with Crippen LogP contribution >= 0.6 is 0 Å². The zero-order chi connectivity index (χ0) is 14.4. The smallest absolute Gasteiger partial charge is 0.301 e. The minimum absolute atomic E-state index is 0.0152. The van der Waals surface area contributed by atoms with Gasteiger partial charge in [0.15, 0.2) is 0 Å². The van der Waals surface area contributed by atoms with Gasteiger partial charge in [-0.25, -0.2) is 4.79 Å². The van der Waals surface area contributed by atoms with Crippen molar-refractivity contribution in [3.8, 4) is 6.07 Å². The third kappa shape index (κ3) is 2.42. The molecule has 1 fully saturated rings. The Morgan fingerprint density at radius 1 is 1.58 bits per heavy atom. The fourth-order valence-electron chi connectivity index (χ4n) is 2.32. The minimum atomic E-state index is -4.78. The van der Waals surface area contributed by atoms with Gasteiger partial charge in [0.2, 0.25) is 0 Å². The number of amides is 2. The highest BCUT2D eigenvalue weighted by Gasteiger charge is 2.48. The number of nitriles is 1. The summed E-state index contributed by atoms with van der Waals surface area (Å²) in [5.41, 5.74) is 0.734. The summed E-state index contributed by atoms with van der Waals surface area (Å²) in [4.78, 5) is 13.2. The first kappa shape index (κ1) is 13.8. The van der Waals surface area contributed by atoms with Crippen molar-refractivity contribution in [3.05, 3.63) is 11.6 Å². The molecule has 0 aromatic heterocycles. The Bertz CT molecular complexity index is 576. The highest BCUT2D eigenvalue weighted by Crippen LogP contribution is 2.33. The van der Waals surface area contributed by atoms with E-state index in [1.165, 1.54) is 4.90 Å². The average Bonchev–Trinajstić information content (AvgIpc) is 2.54. The Morgan fingerprint density at radius 2 is 2.21 bits per heavy atom. The molecule has 2 heterocycles. The van der Waals surface area contributed by atoms with Crippen LogP contribution in [0.3, 0.4) is 0 Å². The van der Waals surface area contributed by atoms with Gasteiger partial charge >= 0.3 is 16.4 Å². The molecule has 2 amide bonds. The summed E-state index contributed by atoms with van der Waals surface area (Å²) in [5, 5.41) is 9.64. The average molecular weight is 287 g/mol. The first-order valence-electron chi connectivity index (χ1n) is 5.62. The molecule has 0 radical (unpaired) electrons. The van der Waals surface area contributed by atoms with Crippen molar-refractivity contribution in [1.29, 1.82) is 5.26 Å². The Morgan fingerprint density at radius 3 is 2.68 bits per heavy atom. The van der Waals surface area contributed by atoms with Crippen molar-refractivity contribution in [2.24, 2.45) is 5.92 Å². The largest absolute Gasteiger partial charge is 0.418 e. The van der Waals surface area contributed by atoms with Crippen LogP contribution in [0.15, 0.2) is 11.6 Å². The number of carbonyl (C=O) groups excluding carboxylic acids is 1. The summed E-state index contributed by atoms with van der Waals surface area (Å²) < 4.78 is 34.6. The van der Waals surface area contributed by atoms with Crippen molar-refractivity contribution < 1.29 is 22.0 Å². The Hall–Kier alpha value is -1.63. The normalized spacial score (nSPS) is 26.7. The molecule has 0 aliphatic carbocycles. The van der Waals surface area contributed by atoms with Crippen molar-refractivity contribution in [1.82, 2.24) is 9.96 Å². The summed E-state index contributed by atoms with van der Waals surface area (Å²) in [5.74, 6) is 0.0152. The van der Waals surface area contributed by atoms with Crippen molar-refractivity contribution >= 4 is 16.4 Å². The second-order valence-electron chi connectivity index (χ2n) is 4.67. The SMILES string of the molecule is CC(C)C1=C[C@@H](C#N)N2C[C@@H]1N(OS(=O)(=O)O)C2=O. The molecular weight excluding hydrogens is 274 g/mol. The van der Waals surface area contributed by atoms with E-state index in [2.05, 4.69) is 4.28 Å². The number of hydrogen-bond donors (Lipinski definition) is 1. The molecule has 0 aromatic rings. The van der Waals surface area contributed by atoms with E-state index in [0.717, 1.165) is 5.57 Å². The summed E-state index contributed by atoms with van der Waals surface area (Å²) in [6, 6.07) is -0.150. The molecule has 8 nitrogen and oxygen atoms in total. The molecule has 104 valence electrons. The zero-order valence-electron chi connectivity index (χ0n) is 10.3. The highest BCUT2D eigenvalue weighted by atomic mass is 32.3. The van der Waals surface area contributed by atoms with Crippen LogP contribution in [-0.2, 0) is 14.7 Å². The van der Waals surface area contributed by atoms with E-state index in [9.17, 15) is 13.2 Å². The van der Waals surface area contributed by atoms with Gasteiger partial charge < -0.3 is 4.90 Å². The van der Waals surface area contributed by atoms with Gasteiger partial charge in [0.25, 0.3) is 0 Å². The van der Waals surface area contributed by atoms with Gasteiger partial charge in [-0.2, -0.15) is 18.7 Å². The van der Waals surface area contributed by atoms with Crippen LogP contribution in [-0.4, -0.2) is 47.6 Å². The van der Waals surface area contributed by atoms with Crippen LogP contribution in [0, 0.1) is 17.2 Å². The first-order valence-corrected chi connectivity index (χ1v) is 6.99. The molecular formula is C10H13N3O5S. The van der Waals surface area contributed by atoms with Gasteiger partial charge in [0, 0.05) is 0 Å². The molecule has 1 N–H and O–H groups in total. The molecule has 0 saturated carbocycles. The van der Waals surface area contributed by atoms with Crippen molar-refractivity contribution in [2.75, 3.05) is 6.54 Å². The second-order valence-corrected chi connectivity index (χ2v) is 5.68. The molecule has 0 aromatic carbocycles. The lowest BCUT2D eigenvalue weighted by molar-refractivity contribution is -0.0228. The second kappa shape index (κ2) is 4.48. The van der Waals surface area contributed by atoms with Gasteiger partial charge in [-0.05, 0) is 17.6 Å². The summed E-state index contributed by atoms with van der Waals surface area (Å²) >= 11 is 0. The van der Waals surface area contributed by atoms with Crippen LogP contribution in [0.4, 0.5) is 4.79 Å². The predicted molar refractivity (Wildman–Crippen MR) is 62.7 cm³/mol. The number of carbonyl (C=O) groups is 1. The number of hydrogen-bond acceptors (Lipinski definition) is 5. The molecule has 19 heavy (non-hydrogen) atoms. The van der Waals surface area contributed by atoms with Crippen LogP contribution in [0.1, 0.15) is 13.8 Å². The van der Waals surface area contributed by atoms with Crippen LogP contribution in [0.2, 0.25) is 0 Å². The first-order chi connectivity index (χ1) is 8.74. The fourth-order valence-corrected chi connectivity index (χ4v) is 2.70. The topological polar surface area (TPSA) is 111 Å². The third-order valence-corrected chi connectivity index (χ3v) is 3.48. The lowest BCUT2D eigenvalue weighted by Gasteiger charge is -2.27. The Balaban J connectivity index is 2.39. The van der Waals surface area contributed by atoms with Crippen molar-refractivity contribution in [2.45, 2.75) is 25.9 Å². The Kier molecular flexibility index (Phi) is 3.25. The van der Waals surface area contributed by atoms with E-state index in [-0.39, 0.29) is 12.5 Å². The van der Waals surface area contributed by atoms with E-state index >= 15 is 0 Å². The predicted octanol–water partition coefficient (Wildman–Crippen LogP) is 0.315. The van der Waals surface area contributed by atoms with E-state index in [0.29, 0.717) is 5.06 Å². The van der Waals surface area contributed by atoms with Gasteiger partial charge in [-0.1, -0.05) is 13.8 Å². The van der Waals surface area contributed by atoms with Crippen LogP contribution in [0.25, 0.3) is 0 Å². The maximum Gasteiger partial charge on any atom is 0.418 e. The van der Waals surface area contributed by atoms with E-state index in [1.54, 1.807) is 6.08 Å². The molecule has 9 heteroatoms. The Labute approximate surface area is 110 Å². The fraction of sp³-hybridized carbons (Fsp3) is 0.600. The quantitative estimate of drug-likeness (QED) is 0.591. The standard InChI is InChI=1S/C10H13N3O5S/c1-6(2)8-3-7(4-11)12-5-9(8)13(10(12)14)18-19(15,16)17/h3,6-7,9H,5H2,1-2H3,(H,15,16,17)/t7-,9-/m0/s1.